The lowest BCUT2D eigenvalue weighted by Crippen LogP contribution is -2.38. The molecule has 1 aromatic rings. The minimum absolute atomic E-state index is 0.546. The first kappa shape index (κ1) is 16.0. The maximum absolute atomic E-state index is 10.8. The molecule has 0 radical (unpaired) electrons. The van der Waals surface area contributed by atoms with Crippen molar-refractivity contribution in [2.75, 3.05) is 13.7 Å². The van der Waals surface area contributed by atoms with Gasteiger partial charge in [0.05, 0.1) is 12.7 Å². The molecule has 0 aliphatic carbocycles. The van der Waals surface area contributed by atoms with E-state index in [0.717, 1.165) is 24.0 Å². The largest absolute Gasteiger partial charge is 0.496 e. The average molecular weight is 266 g/mol. The molecule has 1 rings (SSSR count). The molecule has 0 fully saturated rings. The predicted octanol–water partition coefficient (Wildman–Crippen LogP) is 3.63. The fourth-order valence-corrected chi connectivity index (χ4v) is 2.56. The SMILES string of the molecule is CCOC(CC)(CC)C(O)c1cc(C)ccc1OC. The maximum Gasteiger partial charge on any atom is 0.124 e. The van der Waals surface area contributed by atoms with Crippen LogP contribution in [0, 0.1) is 6.92 Å². The normalized spacial score (nSPS) is 13.4. The van der Waals surface area contributed by atoms with Gasteiger partial charge in [0.1, 0.15) is 11.9 Å². The van der Waals surface area contributed by atoms with Crippen molar-refractivity contribution in [3.63, 3.8) is 0 Å². The molecule has 0 aromatic heterocycles. The highest BCUT2D eigenvalue weighted by molar-refractivity contribution is 5.39. The molecule has 3 heteroatoms. The Bertz CT molecular complexity index is 397. The third kappa shape index (κ3) is 3.28. The van der Waals surface area contributed by atoms with Gasteiger partial charge in [-0.1, -0.05) is 25.5 Å². The molecule has 1 aromatic carbocycles. The van der Waals surface area contributed by atoms with E-state index in [-0.39, 0.29) is 0 Å². The molecule has 1 unspecified atom stereocenters. The molecule has 0 heterocycles. The van der Waals surface area contributed by atoms with Gasteiger partial charge in [-0.05, 0) is 38.8 Å². The molecular formula is C16H26O3. The Kier molecular flexibility index (Phi) is 5.83. The molecular weight excluding hydrogens is 240 g/mol. The highest BCUT2D eigenvalue weighted by atomic mass is 16.5. The number of ether oxygens (including phenoxy) is 2. The summed E-state index contributed by atoms with van der Waals surface area (Å²) in [5.74, 6) is 0.712. The lowest BCUT2D eigenvalue weighted by Gasteiger charge is -2.37. The Balaban J connectivity index is 3.22. The summed E-state index contributed by atoms with van der Waals surface area (Å²) in [5, 5.41) is 10.8. The van der Waals surface area contributed by atoms with Gasteiger partial charge in [-0.3, -0.25) is 0 Å². The van der Waals surface area contributed by atoms with Crippen molar-refractivity contribution in [1.82, 2.24) is 0 Å². The molecule has 0 saturated heterocycles. The van der Waals surface area contributed by atoms with Gasteiger partial charge in [-0.2, -0.15) is 0 Å². The van der Waals surface area contributed by atoms with Gasteiger partial charge in [0.15, 0.2) is 0 Å². The summed E-state index contributed by atoms with van der Waals surface area (Å²) < 4.78 is 11.2. The topological polar surface area (TPSA) is 38.7 Å². The van der Waals surface area contributed by atoms with Crippen LogP contribution < -0.4 is 4.74 Å². The van der Waals surface area contributed by atoms with E-state index in [0.29, 0.717) is 12.4 Å². The summed E-state index contributed by atoms with van der Waals surface area (Å²) in [6.07, 6.45) is 0.836. The van der Waals surface area contributed by atoms with Crippen molar-refractivity contribution < 1.29 is 14.6 Å². The van der Waals surface area contributed by atoms with Crippen LogP contribution in [0.2, 0.25) is 0 Å². The predicted molar refractivity (Wildman–Crippen MR) is 77.6 cm³/mol. The molecule has 0 spiro atoms. The number of methoxy groups -OCH3 is 1. The van der Waals surface area contributed by atoms with Gasteiger partial charge in [0.25, 0.3) is 0 Å². The molecule has 0 bridgehead atoms. The van der Waals surface area contributed by atoms with Crippen LogP contribution in [0.25, 0.3) is 0 Å². The van der Waals surface area contributed by atoms with Crippen molar-refractivity contribution in [3.8, 4) is 5.75 Å². The van der Waals surface area contributed by atoms with E-state index in [4.69, 9.17) is 9.47 Å². The van der Waals surface area contributed by atoms with Crippen molar-refractivity contribution in [2.45, 2.75) is 52.2 Å². The summed E-state index contributed by atoms with van der Waals surface area (Å²) in [6, 6.07) is 5.85. The fraction of sp³-hybridized carbons (Fsp3) is 0.625. The highest BCUT2D eigenvalue weighted by Crippen LogP contribution is 2.39. The quantitative estimate of drug-likeness (QED) is 0.819. The average Bonchev–Trinajstić information content (AvgIpc) is 2.44. The van der Waals surface area contributed by atoms with E-state index in [1.165, 1.54) is 0 Å². The van der Waals surface area contributed by atoms with Crippen LogP contribution in [0.5, 0.6) is 5.75 Å². The number of aryl methyl sites for hydroxylation is 1. The van der Waals surface area contributed by atoms with Gasteiger partial charge in [0, 0.05) is 12.2 Å². The lowest BCUT2D eigenvalue weighted by molar-refractivity contribution is -0.128. The second-order valence-corrected chi connectivity index (χ2v) is 4.85. The molecule has 1 N–H and O–H groups in total. The summed E-state index contributed by atoms with van der Waals surface area (Å²) in [6.45, 7) is 8.65. The number of benzene rings is 1. The maximum atomic E-state index is 10.8. The van der Waals surface area contributed by atoms with Crippen LogP contribution in [0.1, 0.15) is 50.8 Å². The molecule has 19 heavy (non-hydrogen) atoms. The van der Waals surface area contributed by atoms with Gasteiger partial charge < -0.3 is 14.6 Å². The Morgan fingerprint density at radius 2 is 1.84 bits per heavy atom. The first-order chi connectivity index (χ1) is 9.04. The van der Waals surface area contributed by atoms with Gasteiger partial charge in [-0.25, -0.2) is 0 Å². The van der Waals surface area contributed by atoms with Crippen LogP contribution in [-0.4, -0.2) is 24.4 Å². The van der Waals surface area contributed by atoms with E-state index in [1.807, 2.05) is 45.9 Å². The zero-order valence-corrected chi connectivity index (χ0v) is 12.7. The number of hydrogen-bond acceptors (Lipinski definition) is 3. The minimum Gasteiger partial charge on any atom is -0.496 e. The minimum atomic E-state index is -0.683. The Morgan fingerprint density at radius 3 is 2.32 bits per heavy atom. The Hall–Kier alpha value is -1.06. The molecule has 108 valence electrons. The van der Waals surface area contributed by atoms with Crippen LogP contribution in [-0.2, 0) is 4.74 Å². The summed E-state index contributed by atoms with van der Waals surface area (Å²) in [4.78, 5) is 0. The summed E-state index contributed by atoms with van der Waals surface area (Å²) >= 11 is 0. The highest BCUT2D eigenvalue weighted by Gasteiger charge is 2.37. The van der Waals surface area contributed by atoms with E-state index >= 15 is 0 Å². The zero-order chi connectivity index (χ0) is 14.5. The number of aliphatic hydroxyl groups excluding tert-OH is 1. The first-order valence-electron chi connectivity index (χ1n) is 7.01. The Labute approximate surface area is 116 Å². The summed E-state index contributed by atoms with van der Waals surface area (Å²) in [7, 11) is 1.63. The summed E-state index contributed by atoms with van der Waals surface area (Å²) in [5.41, 5.74) is 1.36. The van der Waals surface area contributed by atoms with Crippen LogP contribution in [0.3, 0.4) is 0 Å². The number of rotatable bonds is 7. The molecule has 3 nitrogen and oxygen atoms in total. The van der Waals surface area contributed by atoms with Crippen molar-refractivity contribution in [2.24, 2.45) is 0 Å². The standard InChI is InChI=1S/C16H26O3/c1-6-16(7-2,19-8-3)15(17)13-11-12(4)9-10-14(13)18-5/h9-11,15,17H,6-8H2,1-5H3. The first-order valence-corrected chi connectivity index (χ1v) is 7.01. The molecule has 1 atom stereocenters. The van der Waals surface area contributed by atoms with Crippen LogP contribution >= 0.6 is 0 Å². The van der Waals surface area contributed by atoms with Crippen molar-refractivity contribution in [1.29, 1.82) is 0 Å². The van der Waals surface area contributed by atoms with Crippen LogP contribution in [0.4, 0.5) is 0 Å². The van der Waals surface area contributed by atoms with Gasteiger partial charge in [-0.15, -0.1) is 0 Å². The van der Waals surface area contributed by atoms with E-state index in [9.17, 15) is 5.11 Å². The zero-order valence-electron chi connectivity index (χ0n) is 12.7. The third-order valence-corrected chi connectivity index (χ3v) is 3.81. The molecule has 0 aliphatic heterocycles. The molecule has 0 saturated carbocycles. The fourth-order valence-electron chi connectivity index (χ4n) is 2.56. The lowest BCUT2D eigenvalue weighted by atomic mass is 9.85. The van der Waals surface area contributed by atoms with Gasteiger partial charge >= 0.3 is 0 Å². The van der Waals surface area contributed by atoms with Crippen molar-refractivity contribution in [3.05, 3.63) is 29.3 Å². The smallest absolute Gasteiger partial charge is 0.124 e. The second-order valence-electron chi connectivity index (χ2n) is 4.85. The third-order valence-electron chi connectivity index (χ3n) is 3.81. The molecule has 0 amide bonds. The Morgan fingerprint density at radius 1 is 1.21 bits per heavy atom. The van der Waals surface area contributed by atoms with E-state index < -0.39 is 11.7 Å². The second kappa shape index (κ2) is 6.92. The van der Waals surface area contributed by atoms with Crippen molar-refractivity contribution >= 4 is 0 Å². The molecule has 0 aliphatic rings. The monoisotopic (exact) mass is 266 g/mol. The van der Waals surface area contributed by atoms with E-state index in [2.05, 4.69) is 0 Å². The number of hydrogen-bond donors (Lipinski definition) is 1. The van der Waals surface area contributed by atoms with E-state index in [1.54, 1.807) is 7.11 Å². The number of aliphatic hydroxyl groups is 1. The van der Waals surface area contributed by atoms with Gasteiger partial charge in [0.2, 0.25) is 0 Å². The van der Waals surface area contributed by atoms with Crippen LogP contribution in [0.15, 0.2) is 18.2 Å².